The van der Waals surface area contributed by atoms with Crippen molar-refractivity contribution in [1.29, 1.82) is 5.26 Å². The van der Waals surface area contributed by atoms with Crippen molar-refractivity contribution in [1.82, 2.24) is 0 Å². The molecule has 1 unspecified atom stereocenters. The SMILES string of the molecule is C=CC(=O)OC1(C#N)C=CC(c2ccccc2)=CC1. The molecule has 3 heteroatoms. The van der Waals surface area contributed by atoms with Crippen molar-refractivity contribution in [3.8, 4) is 6.07 Å². The summed E-state index contributed by atoms with van der Waals surface area (Å²) in [6.45, 7) is 3.33. The number of carbonyl (C=O) groups excluding carboxylic acids is 1. The minimum absolute atomic E-state index is 0.337. The van der Waals surface area contributed by atoms with Crippen LogP contribution in [0.25, 0.3) is 5.57 Å². The van der Waals surface area contributed by atoms with E-state index in [1.165, 1.54) is 0 Å². The largest absolute Gasteiger partial charge is 0.436 e. The molecule has 1 aliphatic carbocycles. The van der Waals surface area contributed by atoms with Crippen molar-refractivity contribution in [2.24, 2.45) is 0 Å². The average Bonchev–Trinajstić information content (AvgIpc) is 2.48. The number of benzene rings is 1. The Labute approximate surface area is 112 Å². The van der Waals surface area contributed by atoms with Gasteiger partial charge in [-0.1, -0.05) is 49.1 Å². The predicted molar refractivity (Wildman–Crippen MR) is 72.8 cm³/mol. The van der Waals surface area contributed by atoms with Crippen LogP contribution in [0.1, 0.15) is 12.0 Å². The predicted octanol–water partition coefficient (Wildman–Crippen LogP) is 3.02. The Morgan fingerprint density at radius 3 is 2.68 bits per heavy atom. The van der Waals surface area contributed by atoms with E-state index in [2.05, 4.69) is 6.58 Å². The molecule has 0 radical (unpaired) electrons. The van der Waals surface area contributed by atoms with Crippen molar-refractivity contribution in [3.63, 3.8) is 0 Å². The molecule has 0 fully saturated rings. The Morgan fingerprint density at radius 1 is 1.42 bits per heavy atom. The van der Waals surface area contributed by atoms with Gasteiger partial charge in [0.1, 0.15) is 6.07 Å². The molecular formula is C16H13NO2. The molecule has 0 aromatic heterocycles. The summed E-state index contributed by atoms with van der Waals surface area (Å²) in [7, 11) is 0. The van der Waals surface area contributed by atoms with E-state index in [9.17, 15) is 10.1 Å². The average molecular weight is 251 g/mol. The van der Waals surface area contributed by atoms with E-state index in [1.54, 1.807) is 12.2 Å². The highest BCUT2D eigenvalue weighted by atomic mass is 16.6. The van der Waals surface area contributed by atoms with Gasteiger partial charge in [-0.3, -0.25) is 0 Å². The maximum Gasteiger partial charge on any atom is 0.332 e. The summed E-state index contributed by atoms with van der Waals surface area (Å²) >= 11 is 0. The number of ether oxygens (including phenoxy) is 1. The third kappa shape index (κ3) is 2.80. The quantitative estimate of drug-likeness (QED) is 0.613. The molecule has 0 N–H and O–H groups in total. The molecule has 0 saturated heterocycles. The topological polar surface area (TPSA) is 50.1 Å². The second-order valence-electron chi connectivity index (χ2n) is 4.19. The number of allylic oxidation sites excluding steroid dienone is 2. The summed E-state index contributed by atoms with van der Waals surface area (Å²) in [5.74, 6) is -0.595. The van der Waals surface area contributed by atoms with Gasteiger partial charge in [0, 0.05) is 12.5 Å². The number of esters is 1. The lowest BCUT2D eigenvalue weighted by atomic mass is 9.90. The van der Waals surface area contributed by atoms with Crippen molar-refractivity contribution >= 4 is 11.5 Å². The van der Waals surface area contributed by atoms with E-state index in [0.29, 0.717) is 6.42 Å². The Balaban J connectivity index is 2.19. The van der Waals surface area contributed by atoms with Gasteiger partial charge < -0.3 is 4.74 Å². The molecule has 0 aliphatic heterocycles. The van der Waals surface area contributed by atoms with Gasteiger partial charge in [-0.15, -0.1) is 0 Å². The van der Waals surface area contributed by atoms with E-state index in [1.807, 2.05) is 42.5 Å². The molecule has 0 bridgehead atoms. The third-order valence-corrected chi connectivity index (χ3v) is 2.90. The normalized spacial score (nSPS) is 21.1. The maximum absolute atomic E-state index is 11.2. The van der Waals surface area contributed by atoms with Gasteiger partial charge in [-0.05, 0) is 17.2 Å². The zero-order valence-corrected chi connectivity index (χ0v) is 10.4. The van der Waals surface area contributed by atoms with Crippen LogP contribution in [0.15, 0.2) is 61.2 Å². The summed E-state index contributed by atoms with van der Waals surface area (Å²) in [5.41, 5.74) is 0.866. The Kier molecular flexibility index (Phi) is 3.63. The van der Waals surface area contributed by atoms with Crippen LogP contribution in [0.5, 0.6) is 0 Å². The summed E-state index contributed by atoms with van der Waals surface area (Å²) in [5, 5.41) is 9.20. The molecule has 19 heavy (non-hydrogen) atoms. The standard InChI is InChI=1S/C16H13NO2/c1-2-15(18)19-16(12-17)10-8-14(9-11-16)13-6-4-3-5-7-13/h2-10H,1,11H2. The fraction of sp³-hybridized carbons (Fsp3) is 0.125. The Bertz CT molecular complexity index is 593. The smallest absolute Gasteiger partial charge is 0.332 e. The minimum atomic E-state index is -1.22. The van der Waals surface area contributed by atoms with Gasteiger partial charge in [0.05, 0.1) is 0 Å². The molecule has 1 aliphatic rings. The fourth-order valence-corrected chi connectivity index (χ4v) is 1.87. The minimum Gasteiger partial charge on any atom is -0.436 e. The lowest BCUT2D eigenvalue weighted by Crippen LogP contribution is -2.31. The molecule has 0 spiro atoms. The number of nitriles is 1. The van der Waals surface area contributed by atoms with E-state index < -0.39 is 11.6 Å². The molecule has 0 amide bonds. The first-order valence-corrected chi connectivity index (χ1v) is 5.90. The number of carbonyl (C=O) groups is 1. The van der Waals surface area contributed by atoms with Gasteiger partial charge in [-0.25, -0.2) is 4.79 Å². The summed E-state index contributed by atoms with van der Waals surface area (Å²) < 4.78 is 5.11. The van der Waals surface area contributed by atoms with Crippen LogP contribution in [-0.2, 0) is 9.53 Å². The molecule has 1 aromatic carbocycles. The van der Waals surface area contributed by atoms with Crippen molar-refractivity contribution in [3.05, 3.63) is 66.8 Å². The molecular weight excluding hydrogens is 238 g/mol. The lowest BCUT2D eigenvalue weighted by Gasteiger charge is -2.24. The molecule has 0 heterocycles. The molecule has 3 nitrogen and oxygen atoms in total. The van der Waals surface area contributed by atoms with Gasteiger partial charge in [0.25, 0.3) is 0 Å². The molecule has 1 atom stereocenters. The summed E-state index contributed by atoms with van der Waals surface area (Å²) in [4.78, 5) is 11.2. The van der Waals surface area contributed by atoms with Gasteiger partial charge in [0.2, 0.25) is 5.60 Å². The fourth-order valence-electron chi connectivity index (χ4n) is 1.87. The van der Waals surface area contributed by atoms with E-state index in [0.717, 1.165) is 17.2 Å². The van der Waals surface area contributed by atoms with Crippen LogP contribution < -0.4 is 0 Å². The summed E-state index contributed by atoms with van der Waals surface area (Å²) in [6, 6.07) is 11.9. The molecule has 0 saturated carbocycles. The van der Waals surface area contributed by atoms with Gasteiger partial charge in [-0.2, -0.15) is 5.26 Å². The van der Waals surface area contributed by atoms with Crippen LogP contribution in [-0.4, -0.2) is 11.6 Å². The van der Waals surface area contributed by atoms with Crippen LogP contribution in [0.3, 0.4) is 0 Å². The van der Waals surface area contributed by atoms with E-state index in [4.69, 9.17) is 4.74 Å². The second kappa shape index (κ2) is 5.36. The van der Waals surface area contributed by atoms with E-state index >= 15 is 0 Å². The first-order chi connectivity index (χ1) is 9.19. The summed E-state index contributed by atoms with van der Waals surface area (Å²) in [6.07, 6.45) is 6.72. The number of nitrogens with zero attached hydrogens (tertiary/aromatic N) is 1. The molecule has 2 rings (SSSR count). The second-order valence-corrected chi connectivity index (χ2v) is 4.19. The lowest BCUT2D eigenvalue weighted by molar-refractivity contribution is -0.144. The van der Waals surface area contributed by atoms with Crippen molar-refractivity contribution in [2.75, 3.05) is 0 Å². The zero-order chi connectivity index (χ0) is 13.7. The highest BCUT2D eigenvalue weighted by molar-refractivity contribution is 5.83. The third-order valence-electron chi connectivity index (χ3n) is 2.90. The number of rotatable bonds is 3. The maximum atomic E-state index is 11.2. The van der Waals surface area contributed by atoms with Gasteiger partial charge in [0.15, 0.2) is 0 Å². The number of hydrogen-bond acceptors (Lipinski definition) is 3. The highest BCUT2D eigenvalue weighted by Crippen LogP contribution is 2.29. The van der Waals surface area contributed by atoms with Crippen molar-refractivity contribution in [2.45, 2.75) is 12.0 Å². The van der Waals surface area contributed by atoms with Crippen LogP contribution in [0.4, 0.5) is 0 Å². The first-order valence-electron chi connectivity index (χ1n) is 5.90. The highest BCUT2D eigenvalue weighted by Gasteiger charge is 2.32. The Hall–Kier alpha value is -2.60. The number of hydrogen-bond donors (Lipinski definition) is 0. The monoisotopic (exact) mass is 251 g/mol. The molecule has 94 valence electrons. The van der Waals surface area contributed by atoms with Gasteiger partial charge >= 0.3 is 5.97 Å². The van der Waals surface area contributed by atoms with Crippen LogP contribution >= 0.6 is 0 Å². The molecule has 1 aromatic rings. The first kappa shape index (κ1) is 12.8. The van der Waals surface area contributed by atoms with Crippen molar-refractivity contribution < 1.29 is 9.53 Å². The van der Waals surface area contributed by atoms with Crippen LogP contribution in [0.2, 0.25) is 0 Å². The van der Waals surface area contributed by atoms with E-state index in [-0.39, 0.29) is 0 Å². The van der Waals surface area contributed by atoms with Crippen LogP contribution in [0, 0.1) is 11.3 Å². The Morgan fingerprint density at radius 2 is 2.16 bits per heavy atom. The zero-order valence-electron chi connectivity index (χ0n) is 10.4.